The smallest absolute Gasteiger partial charge is 0.220 e. The Morgan fingerprint density at radius 3 is 0.714 bits per heavy atom. The number of hydrogen-bond donors (Lipinski definition) is 3. The van der Waals surface area contributed by atoms with Crippen LogP contribution in [0.15, 0.2) is 0 Å². The molecule has 0 spiro atoms. The van der Waals surface area contributed by atoms with Gasteiger partial charge in [-0.2, -0.15) is 0 Å². The summed E-state index contributed by atoms with van der Waals surface area (Å²) in [4.78, 5) is 12.4. The molecule has 0 fully saturated rings. The molecule has 2 unspecified atom stereocenters. The number of carbonyl (C=O) groups is 1. The summed E-state index contributed by atoms with van der Waals surface area (Å²) in [6, 6.07) is -0.529. The Balaban J connectivity index is 3.27. The largest absolute Gasteiger partial charge is 0.394 e. The fraction of sp³-hybridized carbons (Fsp3) is 0.983. The zero-order valence-corrected chi connectivity index (χ0v) is 43.6. The van der Waals surface area contributed by atoms with E-state index in [1.54, 1.807) is 0 Å². The normalized spacial score (nSPS) is 12.6. The molecule has 0 saturated heterocycles. The lowest BCUT2D eigenvalue weighted by Gasteiger charge is -2.22. The van der Waals surface area contributed by atoms with Crippen LogP contribution in [0.25, 0.3) is 0 Å². The van der Waals surface area contributed by atoms with E-state index in [1.165, 1.54) is 302 Å². The van der Waals surface area contributed by atoms with Gasteiger partial charge in [0, 0.05) is 6.42 Å². The van der Waals surface area contributed by atoms with Crippen molar-refractivity contribution in [3.8, 4) is 0 Å². The van der Waals surface area contributed by atoms with Gasteiger partial charge < -0.3 is 15.5 Å². The van der Waals surface area contributed by atoms with Crippen LogP contribution in [0.5, 0.6) is 0 Å². The molecule has 4 heteroatoms. The number of hydrogen-bond acceptors (Lipinski definition) is 3. The fourth-order valence-electron chi connectivity index (χ4n) is 9.84. The van der Waals surface area contributed by atoms with Gasteiger partial charge in [0.05, 0.1) is 18.8 Å². The summed E-state index contributed by atoms with van der Waals surface area (Å²) in [7, 11) is 0. The van der Waals surface area contributed by atoms with E-state index in [2.05, 4.69) is 19.2 Å². The van der Waals surface area contributed by atoms with Gasteiger partial charge in [0.25, 0.3) is 0 Å². The zero-order valence-electron chi connectivity index (χ0n) is 43.6. The number of amides is 1. The lowest BCUT2D eigenvalue weighted by molar-refractivity contribution is -0.123. The maximum atomic E-state index is 12.4. The minimum Gasteiger partial charge on any atom is -0.394 e. The first-order valence-corrected chi connectivity index (χ1v) is 29.7. The first-order valence-electron chi connectivity index (χ1n) is 29.7. The Morgan fingerprint density at radius 1 is 0.317 bits per heavy atom. The summed E-state index contributed by atoms with van der Waals surface area (Å²) >= 11 is 0. The van der Waals surface area contributed by atoms with Gasteiger partial charge in [0.1, 0.15) is 0 Å². The second kappa shape index (κ2) is 55.7. The average Bonchev–Trinajstić information content (AvgIpc) is 3.29. The molecule has 0 aliphatic rings. The van der Waals surface area contributed by atoms with E-state index in [4.69, 9.17) is 0 Å². The molecule has 0 radical (unpaired) electrons. The molecule has 0 aromatic carbocycles. The third-order valence-electron chi connectivity index (χ3n) is 14.4. The lowest BCUT2D eigenvalue weighted by atomic mass is 10.0. The van der Waals surface area contributed by atoms with Crippen molar-refractivity contribution in [2.24, 2.45) is 0 Å². The van der Waals surface area contributed by atoms with Crippen LogP contribution in [0.3, 0.4) is 0 Å². The standard InChI is InChI=1S/C59H119NO3/c1-3-5-7-9-11-13-15-16-17-18-19-20-21-22-23-24-25-26-27-28-29-30-31-32-33-34-35-36-37-38-39-40-41-42-43-44-45-47-49-51-53-55-59(63)60-57(56-61)58(62)54-52-50-48-46-14-12-10-8-6-4-2/h57-58,61-62H,3-56H2,1-2H3,(H,60,63). The van der Waals surface area contributed by atoms with Gasteiger partial charge in [-0.15, -0.1) is 0 Å². The predicted octanol–water partition coefficient (Wildman–Crippen LogP) is 19.5. The van der Waals surface area contributed by atoms with Crippen LogP contribution in [0.4, 0.5) is 0 Å². The number of unbranched alkanes of at least 4 members (excludes halogenated alkanes) is 49. The molecule has 0 rings (SSSR count). The van der Waals surface area contributed by atoms with Gasteiger partial charge in [-0.1, -0.05) is 335 Å². The maximum Gasteiger partial charge on any atom is 0.220 e. The fourth-order valence-corrected chi connectivity index (χ4v) is 9.84. The van der Waals surface area contributed by atoms with E-state index in [-0.39, 0.29) is 12.5 Å². The molecule has 378 valence electrons. The van der Waals surface area contributed by atoms with E-state index < -0.39 is 12.1 Å². The zero-order chi connectivity index (χ0) is 45.6. The molecule has 0 saturated carbocycles. The summed E-state index contributed by atoms with van der Waals surface area (Å²) in [6.07, 6.45) is 71.4. The van der Waals surface area contributed by atoms with Crippen molar-refractivity contribution in [2.45, 2.75) is 366 Å². The van der Waals surface area contributed by atoms with E-state index >= 15 is 0 Å². The molecule has 1 amide bonds. The summed E-state index contributed by atoms with van der Waals surface area (Å²) in [5, 5.41) is 23.2. The van der Waals surface area contributed by atoms with Crippen LogP contribution in [0, 0.1) is 0 Å². The Kier molecular flexibility index (Phi) is 55.2. The Labute approximate surface area is 397 Å². The highest BCUT2D eigenvalue weighted by atomic mass is 16.3. The van der Waals surface area contributed by atoms with Crippen LogP contribution in [-0.4, -0.2) is 34.9 Å². The maximum absolute atomic E-state index is 12.4. The molecule has 0 aliphatic carbocycles. The molecule has 0 bridgehead atoms. The van der Waals surface area contributed by atoms with Crippen LogP contribution < -0.4 is 5.32 Å². The number of rotatable bonds is 56. The van der Waals surface area contributed by atoms with Crippen molar-refractivity contribution in [1.82, 2.24) is 5.32 Å². The summed E-state index contributed by atoms with van der Waals surface area (Å²) in [5.41, 5.74) is 0. The van der Waals surface area contributed by atoms with Gasteiger partial charge in [-0.3, -0.25) is 4.79 Å². The Hall–Kier alpha value is -0.610. The van der Waals surface area contributed by atoms with Gasteiger partial charge in [0.15, 0.2) is 0 Å². The van der Waals surface area contributed by atoms with Gasteiger partial charge in [-0.25, -0.2) is 0 Å². The minimum absolute atomic E-state index is 0.0251. The molecule has 0 heterocycles. The van der Waals surface area contributed by atoms with Crippen LogP contribution in [-0.2, 0) is 4.79 Å². The molecule has 63 heavy (non-hydrogen) atoms. The van der Waals surface area contributed by atoms with Crippen molar-refractivity contribution >= 4 is 5.91 Å². The predicted molar refractivity (Wildman–Crippen MR) is 281 cm³/mol. The molecule has 0 aromatic heterocycles. The minimum atomic E-state index is -0.652. The SMILES string of the molecule is CCCCCCCCCCCCCCCCCCCCCCCCCCCCCCCCCCCCCCCCCCCC(=O)NC(CO)C(O)CCCCCCCCCCCC. The van der Waals surface area contributed by atoms with Crippen molar-refractivity contribution < 1.29 is 15.0 Å². The third kappa shape index (κ3) is 52.2. The van der Waals surface area contributed by atoms with Crippen molar-refractivity contribution in [2.75, 3.05) is 6.61 Å². The van der Waals surface area contributed by atoms with Crippen LogP contribution >= 0.6 is 0 Å². The van der Waals surface area contributed by atoms with Crippen molar-refractivity contribution in [3.63, 3.8) is 0 Å². The molecule has 0 aliphatic heterocycles. The van der Waals surface area contributed by atoms with Crippen LogP contribution in [0.1, 0.15) is 354 Å². The number of nitrogens with one attached hydrogen (secondary N) is 1. The highest BCUT2D eigenvalue weighted by Crippen LogP contribution is 2.19. The van der Waals surface area contributed by atoms with E-state index in [0.29, 0.717) is 12.8 Å². The summed E-state index contributed by atoms with van der Waals surface area (Å²) in [6.45, 7) is 4.38. The third-order valence-corrected chi connectivity index (χ3v) is 14.4. The van der Waals surface area contributed by atoms with Crippen LogP contribution in [0.2, 0.25) is 0 Å². The summed E-state index contributed by atoms with van der Waals surface area (Å²) in [5.74, 6) is -0.0251. The van der Waals surface area contributed by atoms with Crippen molar-refractivity contribution in [1.29, 1.82) is 0 Å². The lowest BCUT2D eigenvalue weighted by Crippen LogP contribution is -2.45. The molecule has 0 aromatic rings. The van der Waals surface area contributed by atoms with E-state index in [1.807, 2.05) is 0 Å². The molecule has 3 N–H and O–H groups in total. The second-order valence-electron chi connectivity index (χ2n) is 20.8. The van der Waals surface area contributed by atoms with E-state index in [9.17, 15) is 15.0 Å². The number of carbonyl (C=O) groups excluding carboxylic acids is 1. The van der Waals surface area contributed by atoms with E-state index in [0.717, 1.165) is 25.7 Å². The topological polar surface area (TPSA) is 69.6 Å². The summed E-state index contributed by atoms with van der Waals surface area (Å²) < 4.78 is 0. The Morgan fingerprint density at radius 2 is 0.508 bits per heavy atom. The average molecular weight is 891 g/mol. The number of aliphatic hydroxyl groups excluding tert-OH is 2. The highest BCUT2D eigenvalue weighted by Gasteiger charge is 2.20. The number of aliphatic hydroxyl groups is 2. The molecule has 4 nitrogen and oxygen atoms in total. The van der Waals surface area contributed by atoms with Crippen molar-refractivity contribution in [3.05, 3.63) is 0 Å². The first kappa shape index (κ1) is 62.4. The molecular weight excluding hydrogens is 771 g/mol. The Bertz CT molecular complexity index is 834. The van der Waals surface area contributed by atoms with Gasteiger partial charge >= 0.3 is 0 Å². The molecular formula is C59H119NO3. The highest BCUT2D eigenvalue weighted by molar-refractivity contribution is 5.76. The van der Waals surface area contributed by atoms with Gasteiger partial charge in [0.2, 0.25) is 5.91 Å². The quantitative estimate of drug-likeness (QED) is 0.0533. The molecule has 2 atom stereocenters. The second-order valence-corrected chi connectivity index (χ2v) is 20.8. The monoisotopic (exact) mass is 890 g/mol. The first-order chi connectivity index (χ1) is 31.2. The van der Waals surface area contributed by atoms with Gasteiger partial charge in [-0.05, 0) is 12.8 Å².